The average Bonchev–Trinajstić information content (AvgIpc) is 2.73. The summed E-state index contributed by atoms with van der Waals surface area (Å²) < 4.78 is 27.7. The Labute approximate surface area is 166 Å². The van der Waals surface area contributed by atoms with E-state index in [9.17, 15) is 13.2 Å². The highest BCUT2D eigenvalue weighted by Crippen LogP contribution is 2.36. The van der Waals surface area contributed by atoms with Crippen molar-refractivity contribution in [2.24, 2.45) is 11.8 Å². The zero-order valence-corrected chi connectivity index (χ0v) is 16.7. The molecule has 2 fully saturated rings. The minimum absolute atomic E-state index is 0.00946. The molecule has 2 aliphatic rings. The molecule has 5 nitrogen and oxygen atoms in total. The summed E-state index contributed by atoms with van der Waals surface area (Å²) in [6, 6.07) is 15.0. The molecule has 0 bridgehead atoms. The summed E-state index contributed by atoms with van der Waals surface area (Å²) in [4.78, 5) is 15.2. The van der Waals surface area contributed by atoms with E-state index in [1.165, 1.54) is 25.7 Å². The molecule has 1 aliphatic heterocycles. The molecule has 0 radical (unpaired) electrons. The van der Waals surface area contributed by atoms with Crippen molar-refractivity contribution in [1.82, 2.24) is 4.90 Å². The van der Waals surface area contributed by atoms with Crippen LogP contribution in [0.3, 0.4) is 0 Å². The first-order valence-electron chi connectivity index (χ1n) is 10.0. The molecule has 1 saturated carbocycles. The van der Waals surface area contributed by atoms with Gasteiger partial charge in [0, 0.05) is 24.3 Å². The second-order valence-corrected chi connectivity index (χ2v) is 9.53. The number of hydrogen-bond donors (Lipinski definition) is 1. The third kappa shape index (κ3) is 4.07. The molecule has 1 heterocycles. The molecule has 1 saturated heterocycles. The fourth-order valence-electron chi connectivity index (χ4n) is 4.50. The number of fused-ring (bicyclic) bond motifs is 1. The molecule has 148 valence electrons. The number of rotatable bonds is 4. The van der Waals surface area contributed by atoms with Gasteiger partial charge in [0.05, 0.1) is 4.90 Å². The molecule has 1 amide bonds. The van der Waals surface area contributed by atoms with Crippen LogP contribution in [-0.4, -0.2) is 32.3 Å². The third-order valence-electron chi connectivity index (χ3n) is 5.99. The number of nitrogens with one attached hydrogen (secondary N) is 1. The van der Waals surface area contributed by atoms with Gasteiger partial charge in [-0.25, -0.2) is 8.42 Å². The van der Waals surface area contributed by atoms with E-state index in [-0.39, 0.29) is 10.8 Å². The predicted molar refractivity (Wildman–Crippen MR) is 110 cm³/mol. The van der Waals surface area contributed by atoms with Crippen LogP contribution in [-0.2, 0) is 10.0 Å². The van der Waals surface area contributed by atoms with Crippen molar-refractivity contribution < 1.29 is 13.2 Å². The molecule has 1 aliphatic carbocycles. The summed E-state index contributed by atoms with van der Waals surface area (Å²) in [6.45, 7) is 1.61. The summed E-state index contributed by atoms with van der Waals surface area (Å²) in [7, 11) is -3.67. The average molecular weight is 399 g/mol. The van der Waals surface area contributed by atoms with Gasteiger partial charge in [-0.3, -0.25) is 9.52 Å². The van der Waals surface area contributed by atoms with Gasteiger partial charge in [-0.05, 0) is 55.0 Å². The monoisotopic (exact) mass is 398 g/mol. The lowest BCUT2D eigenvalue weighted by atomic mass is 9.75. The van der Waals surface area contributed by atoms with E-state index < -0.39 is 10.0 Å². The fourth-order valence-corrected chi connectivity index (χ4v) is 5.57. The van der Waals surface area contributed by atoms with Crippen LogP contribution in [0.2, 0.25) is 0 Å². The molecule has 2 aromatic rings. The van der Waals surface area contributed by atoms with Crippen molar-refractivity contribution >= 4 is 21.6 Å². The van der Waals surface area contributed by atoms with Gasteiger partial charge in [0.15, 0.2) is 0 Å². The van der Waals surface area contributed by atoms with Crippen LogP contribution in [0.15, 0.2) is 59.5 Å². The van der Waals surface area contributed by atoms with Crippen LogP contribution < -0.4 is 4.72 Å². The first kappa shape index (κ1) is 19.0. The molecule has 28 heavy (non-hydrogen) atoms. The van der Waals surface area contributed by atoms with E-state index in [1.54, 1.807) is 54.6 Å². The number of carbonyl (C=O) groups excluding carboxylic acids is 1. The van der Waals surface area contributed by atoms with Crippen LogP contribution >= 0.6 is 0 Å². The summed E-state index contributed by atoms with van der Waals surface area (Å²) >= 11 is 0. The maximum atomic E-state index is 13.0. The molecule has 2 aromatic carbocycles. The van der Waals surface area contributed by atoms with E-state index in [0.29, 0.717) is 17.2 Å². The summed E-state index contributed by atoms with van der Waals surface area (Å²) in [5, 5.41) is 0. The fraction of sp³-hybridized carbons (Fsp3) is 0.409. The van der Waals surface area contributed by atoms with E-state index in [4.69, 9.17) is 0 Å². The van der Waals surface area contributed by atoms with Crippen molar-refractivity contribution in [3.05, 3.63) is 60.2 Å². The Kier molecular flexibility index (Phi) is 5.40. The Morgan fingerprint density at radius 3 is 2.46 bits per heavy atom. The van der Waals surface area contributed by atoms with Crippen molar-refractivity contribution in [3.8, 4) is 0 Å². The number of piperidine rings is 1. The Morgan fingerprint density at radius 1 is 0.929 bits per heavy atom. The number of nitrogens with zero attached hydrogens (tertiary/aromatic N) is 1. The van der Waals surface area contributed by atoms with Gasteiger partial charge in [0.1, 0.15) is 0 Å². The first-order chi connectivity index (χ1) is 13.5. The van der Waals surface area contributed by atoms with Gasteiger partial charge in [-0.1, -0.05) is 43.5 Å². The van der Waals surface area contributed by atoms with E-state index in [0.717, 1.165) is 25.4 Å². The van der Waals surface area contributed by atoms with E-state index in [2.05, 4.69) is 4.72 Å². The smallest absolute Gasteiger partial charge is 0.261 e. The minimum atomic E-state index is -3.67. The molecule has 6 heteroatoms. The van der Waals surface area contributed by atoms with Crippen LogP contribution in [0.5, 0.6) is 0 Å². The van der Waals surface area contributed by atoms with Gasteiger partial charge in [0.25, 0.3) is 15.9 Å². The Hall–Kier alpha value is -2.34. The van der Waals surface area contributed by atoms with Gasteiger partial charge in [-0.15, -0.1) is 0 Å². The van der Waals surface area contributed by atoms with Gasteiger partial charge < -0.3 is 4.90 Å². The quantitative estimate of drug-likeness (QED) is 0.842. The number of amides is 1. The molecule has 4 rings (SSSR count). The maximum Gasteiger partial charge on any atom is 0.261 e. The summed E-state index contributed by atoms with van der Waals surface area (Å²) in [5.41, 5.74) is 0.935. The van der Waals surface area contributed by atoms with Crippen molar-refractivity contribution in [1.29, 1.82) is 0 Å². The Bertz CT molecular complexity index is 943. The van der Waals surface area contributed by atoms with Gasteiger partial charge >= 0.3 is 0 Å². The van der Waals surface area contributed by atoms with Crippen LogP contribution in [0.1, 0.15) is 42.5 Å². The number of benzene rings is 2. The van der Waals surface area contributed by atoms with Crippen LogP contribution in [0, 0.1) is 11.8 Å². The van der Waals surface area contributed by atoms with Crippen molar-refractivity contribution in [2.45, 2.75) is 37.0 Å². The maximum absolute atomic E-state index is 13.0. The zero-order valence-electron chi connectivity index (χ0n) is 15.9. The molecular weight excluding hydrogens is 372 g/mol. The van der Waals surface area contributed by atoms with Crippen molar-refractivity contribution in [3.63, 3.8) is 0 Å². The molecule has 0 unspecified atom stereocenters. The summed E-state index contributed by atoms with van der Waals surface area (Å²) in [5.74, 6) is 1.37. The largest absolute Gasteiger partial charge is 0.338 e. The molecule has 1 N–H and O–H groups in total. The first-order valence-corrected chi connectivity index (χ1v) is 11.5. The lowest BCUT2D eigenvalue weighted by Crippen LogP contribution is -2.44. The highest BCUT2D eigenvalue weighted by molar-refractivity contribution is 7.92. The number of anilines is 1. The van der Waals surface area contributed by atoms with Crippen molar-refractivity contribution in [2.75, 3.05) is 17.8 Å². The molecule has 0 spiro atoms. The lowest BCUT2D eigenvalue weighted by molar-refractivity contribution is 0.0521. The molecular formula is C22H26N2O3S. The SMILES string of the molecule is O=C(c1cccc(NS(=O)(=O)c2ccccc2)c1)N1CC[C@@H]2CCCC[C@H]2C1. The lowest BCUT2D eigenvalue weighted by Gasteiger charge is -2.41. The molecule has 0 aromatic heterocycles. The normalized spacial score (nSPS) is 22.4. The second kappa shape index (κ2) is 7.95. The van der Waals surface area contributed by atoms with Crippen LogP contribution in [0.25, 0.3) is 0 Å². The highest BCUT2D eigenvalue weighted by Gasteiger charge is 2.33. The minimum Gasteiger partial charge on any atom is -0.338 e. The standard InChI is InChI=1S/C22H26N2O3S/c25-22(24-14-13-17-7-4-5-8-19(17)16-24)18-9-6-10-20(15-18)23-28(26,27)21-11-2-1-3-12-21/h1-3,6,9-12,15,17,19,23H,4-5,7-8,13-14,16H2/t17-,19-/m0/s1. The van der Waals surface area contributed by atoms with E-state index in [1.807, 2.05) is 4.90 Å². The van der Waals surface area contributed by atoms with E-state index >= 15 is 0 Å². The number of hydrogen-bond acceptors (Lipinski definition) is 3. The number of likely N-dealkylation sites (tertiary alicyclic amines) is 1. The number of sulfonamides is 1. The third-order valence-corrected chi connectivity index (χ3v) is 7.39. The molecule has 2 atom stereocenters. The van der Waals surface area contributed by atoms with Gasteiger partial charge in [-0.2, -0.15) is 0 Å². The second-order valence-electron chi connectivity index (χ2n) is 7.84. The topological polar surface area (TPSA) is 66.5 Å². The predicted octanol–water partition coefficient (Wildman–Crippen LogP) is 4.14. The Balaban J connectivity index is 1.48. The van der Waals surface area contributed by atoms with Gasteiger partial charge in [0.2, 0.25) is 0 Å². The highest BCUT2D eigenvalue weighted by atomic mass is 32.2. The number of carbonyl (C=O) groups is 1. The summed E-state index contributed by atoms with van der Waals surface area (Å²) in [6.07, 6.45) is 6.17. The zero-order chi connectivity index (χ0) is 19.6. The Morgan fingerprint density at radius 2 is 1.68 bits per heavy atom. The van der Waals surface area contributed by atoms with Crippen LogP contribution in [0.4, 0.5) is 5.69 Å².